The van der Waals surface area contributed by atoms with Crippen molar-refractivity contribution in [2.75, 3.05) is 24.7 Å². The largest absolute Gasteiger partial charge is 0.416 e. The highest BCUT2D eigenvalue weighted by atomic mass is 19.4. The van der Waals surface area contributed by atoms with E-state index in [1.807, 2.05) is 0 Å². The number of anilines is 1. The van der Waals surface area contributed by atoms with Gasteiger partial charge in [-0.15, -0.1) is 0 Å². The molecule has 1 unspecified atom stereocenters. The molecule has 1 aromatic carbocycles. The number of rotatable bonds is 3. The molecule has 1 atom stereocenters. The number of aldehydes is 1. The third-order valence-corrected chi connectivity index (χ3v) is 3.09. The van der Waals surface area contributed by atoms with Crippen LogP contribution in [-0.2, 0) is 15.7 Å². The van der Waals surface area contributed by atoms with Crippen LogP contribution in [0.1, 0.15) is 5.56 Å². The van der Waals surface area contributed by atoms with E-state index in [9.17, 15) is 28.1 Å². The lowest BCUT2D eigenvalue weighted by molar-refractivity contribution is -0.385. The number of nitro groups is 1. The lowest BCUT2D eigenvalue weighted by Gasteiger charge is -2.34. The van der Waals surface area contributed by atoms with Crippen molar-refractivity contribution in [2.45, 2.75) is 12.2 Å². The summed E-state index contributed by atoms with van der Waals surface area (Å²) < 4.78 is 43.5. The Morgan fingerprint density at radius 1 is 1.38 bits per heavy atom. The van der Waals surface area contributed by atoms with Crippen LogP contribution in [0.4, 0.5) is 24.5 Å². The second-order valence-corrected chi connectivity index (χ2v) is 4.46. The van der Waals surface area contributed by atoms with Crippen molar-refractivity contribution in [3.05, 3.63) is 33.9 Å². The van der Waals surface area contributed by atoms with Gasteiger partial charge in [0.05, 0.1) is 23.7 Å². The molecule has 0 saturated carbocycles. The summed E-state index contributed by atoms with van der Waals surface area (Å²) in [5, 5.41) is 10.8. The average Bonchev–Trinajstić information content (AvgIpc) is 2.45. The van der Waals surface area contributed by atoms with Crippen molar-refractivity contribution in [3.8, 4) is 0 Å². The van der Waals surface area contributed by atoms with Crippen molar-refractivity contribution >= 4 is 17.7 Å². The van der Waals surface area contributed by atoms with Crippen LogP contribution in [0.5, 0.6) is 0 Å². The Labute approximate surface area is 117 Å². The summed E-state index contributed by atoms with van der Waals surface area (Å²) in [6, 6.07) is 1.54. The molecule has 0 N–H and O–H groups in total. The molecule has 6 nitrogen and oxygen atoms in total. The van der Waals surface area contributed by atoms with Crippen LogP contribution in [0.15, 0.2) is 18.2 Å². The number of ether oxygens (including phenoxy) is 1. The van der Waals surface area contributed by atoms with E-state index >= 15 is 0 Å². The molecule has 1 saturated heterocycles. The Hall–Kier alpha value is -2.16. The molecule has 9 heteroatoms. The van der Waals surface area contributed by atoms with E-state index in [4.69, 9.17) is 4.74 Å². The molecule has 0 amide bonds. The van der Waals surface area contributed by atoms with Crippen molar-refractivity contribution < 1.29 is 27.6 Å². The van der Waals surface area contributed by atoms with Gasteiger partial charge in [0.25, 0.3) is 5.69 Å². The van der Waals surface area contributed by atoms with Crippen LogP contribution < -0.4 is 4.90 Å². The normalized spacial score (nSPS) is 19.4. The Morgan fingerprint density at radius 3 is 2.67 bits per heavy atom. The first-order chi connectivity index (χ1) is 9.82. The summed E-state index contributed by atoms with van der Waals surface area (Å²) in [7, 11) is 0. The fraction of sp³-hybridized carbons (Fsp3) is 0.417. The Bertz CT molecular complexity index is 562. The van der Waals surface area contributed by atoms with E-state index in [1.165, 1.54) is 4.90 Å². The molecular formula is C12H11F3N2O4. The minimum Gasteiger partial charge on any atom is -0.377 e. The zero-order valence-electron chi connectivity index (χ0n) is 10.7. The van der Waals surface area contributed by atoms with Gasteiger partial charge in [0.2, 0.25) is 0 Å². The maximum Gasteiger partial charge on any atom is 0.416 e. The van der Waals surface area contributed by atoms with Gasteiger partial charge in [0.1, 0.15) is 12.3 Å². The highest BCUT2D eigenvalue weighted by molar-refractivity contribution is 5.68. The van der Waals surface area contributed by atoms with Crippen LogP contribution in [0.2, 0.25) is 0 Å². The van der Waals surface area contributed by atoms with Crippen molar-refractivity contribution in [1.29, 1.82) is 0 Å². The van der Waals surface area contributed by atoms with Crippen LogP contribution in [0.25, 0.3) is 0 Å². The monoisotopic (exact) mass is 304 g/mol. The Kier molecular flexibility index (Phi) is 4.12. The summed E-state index contributed by atoms with van der Waals surface area (Å²) in [4.78, 5) is 22.2. The molecule has 0 bridgehead atoms. The maximum atomic E-state index is 12.8. The van der Waals surface area contributed by atoms with Crippen LogP contribution in [0, 0.1) is 10.1 Å². The van der Waals surface area contributed by atoms with Gasteiger partial charge in [-0.25, -0.2) is 0 Å². The predicted molar refractivity (Wildman–Crippen MR) is 66.1 cm³/mol. The minimum absolute atomic E-state index is 0.0167. The fourth-order valence-corrected chi connectivity index (χ4v) is 2.09. The number of hydrogen-bond acceptors (Lipinski definition) is 5. The first-order valence-corrected chi connectivity index (χ1v) is 5.99. The number of nitro benzene ring substituents is 1. The number of benzene rings is 1. The molecule has 21 heavy (non-hydrogen) atoms. The lowest BCUT2D eigenvalue weighted by Crippen LogP contribution is -2.46. The first-order valence-electron chi connectivity index (χ1n) is 5.99. The van der Waals surface area contributed by atoms with Crippen molar-refractivity contribution in [2.24, 2.45) is 0 Å². The molecule has 0 aromatic heterocycles. The zero-order chi connectivity index (χ0) is 15.6. The van der Waals surface area contributed by atoms with Gasteiger partial charge in [-0.2, -0.15) is 13.2 Å². The number of morpholine rings is 1. The number of alkyl halides is 3. The van der Waals surface area contributed by atoms with E-state index in [1.54, 1.807) is 0 Å². The van der Waals surface area contributed by atoms with Crippen LogP contribution in [0.3, 0.4) is 0 Å². The van der Waals surface area contributed by atoms with Crippen molar-refractivity contribution in [1.82, 2.24) is 0 Å². The SMILES string of the molecule is O=CC1COCCN1c1cc([N+](=O)[O-])cc(C(F)(F)F)c1. The first kappa shape index (κ1) is 15.2. The summed E-state index contributed by atoms with van der Waals surface area (Å²) >= 11 is 0. The molecule has 1 aliphatic heterocycles. The summed E-state index contributed by atoms with van der Waals surface area (Å²) in [5.74, 6) is 0. The van der Waals surface area contributed by atoms with Crippen LogP contribution >= 0.6 is 0 Å². The third kappa shape index (κ3) is 3.30. The molecule has 0 spiro atoms. The summed E-state index contributed by atoms with van der Waals surface area (Å²) in [5.41, 5.74) is -1.81. The maximum absolute atomic E-state index is 12.8. The number of carbonyl (C=O) groups excluding carboxylic acids is 1. The number of non-ortho nitro benzene ring substituents is 1. The van der Waals surface area contributed by atoms with Crippen LogP contribution in [-0.4, -0.2) is 37.0 Å². The molecule has 1 fully saturated rings. The number of hydrogen-bond donors (Lipinski definition) is 0. The predicted octanol–water partition coefficient (Wildman–Crippen LogP) is 2.02. The Morgan fingerprint density at radius 2 is 2.10 bits per heavy atom. The molecule has 2 rings (SSSR count). The molecule has 114 valence electrons. The van der Waals surface area contributed by atoms with Gasteiger partial charge in [-0.3, -0.25) is 10.1 Å². The topological polar surface area (TPSA) is 72.7 Å². The Balaban J connectivity index is 2.49. The van der Waals surface area contributed by atoms with Gasteiger partial charge in [-0.05, 0) is 6.07 Å². The molecule has 1 aliphatic rings. The summed E-state index contributed by atoms with van der Waals surface area (Å²) in [6.07, 6.45) is -4.16. The van der Waals surface area contributed by atoms with E-state index < -0.39 is 28.4 Å². The molecule has 1 aromatic rings. The van der Waals surface area contributed by atoms with Gasteiger partial charge in [0, 0.05) is 24.4 Å². The van der Waals surface area contributed by atoms with Gasteiger partial charge in [0.15, 0.2) is 0 Å². The smallest absolute Gasteiger partial charge is 0.377 e. The lowest BCUT2D eigenvalue weighted by atomic mass is 10.1. The molecular weight excluding hydrogens is 293 g/mol. The average molecular weight is 304 g/mol. The molecule has 0 aliphatic carbocycles. The summed E-state index contributed by atoms with van der Waals surface area (Å²) in [6.45, 7) is 0.448. The van der Waals surface area contributed by atoms with Gasteiger partial charge >= 0.3 is 6.18 Å². The fourth-order valence-electron chi connectivity index (χ4n) is 2.09. The quantitative estimate of drug-likeness (QED) is 0.485. The second kappa shape index (κ2) is 5.68. The third-order valence-electron chi connectivity index (χ3n) is 3.09. The van der Waals surface area contributed by atoms with Gasteiger partial charge in [-0.1, -0.05) is 0 Å². The number of nitrogens with zero attached hydrogens (tertiary/aromatic N) is 2. The number of halogens is 3. The number of carbonyl (C=O) groups is 1. The zero-order valence-corrected chi connectivity index (χ0v) is 10.7. The molecule has 1 heterocycles. The standard InChI is InChI=1S/C12H11F3N2O4/c13-12(14,15)8-3-9(5-10(4-8)17(19)20)16-1-2-21-7-11(16)6-18/h3-6,11H,1-2,7H2. The highest BCUT2D eigenvalue weighted by Gasteiger charge is 2.34. The van der Waals surface area contributed by atoms with Gasteiger partial charge < -0.3 is 14.4 Å². The van der Waals surface area contributed by atoms with E-state index in [0.29, 0.717) is 12.4 Å². The van der Waals surface area contributed by atoms with E-state index in [2.05, 4.69) is 0 Å². The second-order valence-electron chi connectivity index (χ2n) is 4.46. The highest BCUT2D eigenvalue weighted by Crippen LogP contribution is 2.35. The molecule has 0 radical (unpaired) electrons. The van der Waals surface area contributed by atoms with E-state index in [-0.39, 0.29) is 25.4 Å². The van der Waals surface area contributed by atoms with E-state index in [0.717, 1.165) is 12.1 Å². The minimum atomic E-state index is -4.70. The van der Waals surface area contributed by atoms with Crippen molar-refractivity contribution in [3.63, 3.8) is 0 Å².